The van der Waals surface area contributed by atoms with Crippen molar-refractivity contribution >= 4 is 5.97 Å². The number of aryl methyl sites for hydroxylation is 1. The molecule has 5 nitrogen and oxygen atoms in total. The van der Waals surface area contributed by atoms with Crippen LogP contribution in [0.3, 0.4) is 0 Å². The van der Waals surface area contributed by atoms with Crippen molar-refractivity contribution in [1.29, 1.82) is 0 Å². The van der Waals surface area contributed by atoms with Crippen LogP contribution in [-0.2, 0) is 22.6 Å². The summed E-state index contributed by atoms with van der Waals surface area (Å²) in [6.45, 7) is 1.99. The van der Waals surface area contributed by atoms with E-state index in [9.17, 15) is 4.79 Å². The van der Waals surface area contributed by atoms with Crippen LogP contribution in [-0.4, -0.2) is 18.1 Å². The molecule has 0 amide bonds. The van der Waals surface area contributed by atoms with Gasteiger partial charge in [0.15, 0.2) is 0 Å². The van der Waals surface area contributed by atoms with Crippen LogP contribution in [0.2, 0.25) is 0 Å². The van der Waals surface area contributed by atoms with Gasteiger partial charge in [0.05, 0.1) is 19.2 Å². The minimum Gasteiger partial charge on any atom is -0.497 e. The van der Waals surface area contributed by atoms with E-state index in [1.54, 1.807) is 14.0 Å². The standard InChI is InChI=1S/C20H19NO4/c1-14-18(21-20(25-14)16-8-4-3-5-9-16)12-19(22)24-13-15-7-6-10-17(11-15)23-2/h3-11H,12-13H2,1-2H3. The molecule has 0 radical (unpaired) electrons. The molecular formula is C20H19NO4. The lowest BCUT2D eigenvalue weighted by molar-refractivity contribution is -0.144. The summed E-state index contributed by atoms with van der Waals surface area (Å²) in [5.41, 5.74) is 2.34. The van der Waals surface area contributed by atoms with Crippen LogP contribution in [0.1, 0.15) is 17.0 Å². The highest BCUT2D eigenvalue weighted by Gasteiger charge is 2.15. The maximum absolute atomic E-state index is 12.1. The molecule has 0 aliphatic heterocycles. The molecule has 128 valence electrons. The summed E-state index contributed by atoms with van der Waals surface area (Å²) in [6, 6.07) is 17.0. The molecule has 1 heterocycles. The van der Waals surface area contributed by atoms with Crippen LogP contribution >= 0.6 is 0 Å². The van der Waals surface area contributed by atoms with Crippen LogP contribution in [0, 0.1) is 6.92 Å². The molecule has 0 unspecified atom stereocenters. The summed E-state index contributed by atoms with van der Waals surface area (Å²) < 4.78 is 16.1. The Kier molecular flexibility index (Phi) is 5.14. The van der Waals surface area contributed by atoms with Crippen molar-refractivity contribution < 1.29 is 18.7 Å². The molecule has 1 aromatic heterocycles. The third-order valence-corrected chi connectivity index (χ3v) is 3.76. The van der Waals surface area contributed by atoms with E-state index in [-0.39, 0.29) is 19.0 Å². The topological polar surface area (TPSA) is 61.6 Å². The van der Waals surface area contributed by atoms with Crippen molar-refractivity contribution in [2.45, 2.75) is 20.0 Å². The molecule has 0 atom stereocenters. The molecular weight excluding hydrogens is 318 g/mol. The summed E-state index contributed by atoms with van der Waals surface area (Å²) in [7, 11) is 1.60. The molecule has 0 saturated heterocycles. The van der Waals surface area contributed by atoms with E-state index >= 15 is 0 Å². The van der Waals surface area contributed by atoms with E-state index < -0.39 is 0 Å². The van der Waals surface area contributed by atoms with Gasteiger partial charge in [0.2, 0.25) is 5.89 Å². The van der Waals surface area contributed by atoms with E-state index in [2.05, 4.69) is 4.98 Å². The average molecular weight is 337 g/mol. The van der Waals surface area contributed by atoms with Gasteiger partial charge in [-0.15, -0.1) is 0 Å². The normalized spacial score (nSPS) is 10.5. The van der Waals surface area contributed by atoms with Gasteiger partial charge in [0.25, 0.3) is 0 Å². The lowest BCUT2D eigenvalue weighted by Gasteiger charge is -2.06. The van der Waals surface area contributed by atoms with Crippen molar-refractivity contribution in [1.82, 2.24) is 4.98 Å². The zero-order valence-electron chi connectivity index (χ0n) is 14.2. The van der Waals surface area contributed by atoms with Crippen LogP contribution < -0.4 is 4.74 Å². The number of methoxy groups -OCH3 is 1. The van der Waals surface area contributed by atoms with E-state index in [1.165, 1.54) is 0 Å². The Hall–Kier alpha value is -3.08. The average Bonchev–Trinajstić information content (AvgIpc) is 3.01. The number of hydrogen-bond donors (Lipinski definition) is 0. The van der Waals surface area contributed by atoms with E-state index in [1.807, 2.05) is 54.6 Å². The van der Waals surface area contributed by atoms with Gasteiger partial charge >= 0.3 is 5.97 Å². The molecule has 0 N–H and O–H groups in total. The monoisotopic (exact) mass is 337 g/mol. The Balaban J connectivity index is 1.62. The van der Waals surface area contributed by atoms with Crippen molar-refractivity contribution in [3.05, 3.63) is 71.6 Å². The second kappa shape index (κ2) is 7.66. The molecule has 2 aromatic carbocycles. The summed E-state index contributed by atoms with van der Waals surface area (Å²) in [5, 5.41) is 0. The Morgan fingerprint density at radius 1 is 1.12 bits per heavy atom. The number of esters is 1. The number of hydrogen-bond acceptors (Lipinski definition) is 5. The maximum atomic E-state index is 12.1. The van der Waals surface area contributed by atoms with Gasteiger partial charge in [-0.05, 0) is 36.8 Å². The minimum atomic E-state index is -0.348. The highest BCUT2D eigenvalue weighted by Crippen LogP contribution is 2.22. The Bertz CT molecular complexity index is 855. The van der Waals surface area contributed by atoms with E-state index in [4.69, 9.17) is 13.9 Å². The van der Waals surface area contributed by atoms with Gasteiger partial charge in [-0.2, -0.15) is 0 Å². The number of benzene rings is 2. The summed E-state index contributed by atoms with van der Waals surface area (Å²) in [6.07, 6.45) is 0.0755. The smallest absolute Gasteiger partial charge is 0.312 e. The number of carbonyl (C=O) groups is 1. The van der Waals surface area contributed by atoms with Crippen molar-refractivity contribution in [2.24, 2.45) is 0 Å². The maximum Gasteiger partial charge on any atom is 0.312 e. The van der Waals surface area contributed by atoms with Gasteiger partial charge in [0.1, 0.15) is 18.1 Å². The number of ether oxygens (including phenoxy) is 2. The molecule has 3 aromatic rings. The highest BCUT2D eigenvalue weighted by atomic mass is 16.5. The Labute approximate surface area is 146 Å². The number of nitrogens with zero attached hydrogens (tertiary/aromatic N) is 1. The molecule has 0 bridgehead atoms. The molecule has 5 heteroatoms. The van der Waals surface area contributed by atoms with Gasteiger partial charge in [-0.1, -0.05) is 30.3 Å². The zero-order valence-corrected chi connectivity index (χ0v) is 14.2. The third-order valence-electron chi connectivity index (χ3n) is 3.76. The van der Waals surface area contributed by atoms with Gasteiger partial charge < -0.3 is 13.9 Å². The fourth-order valence-electron chi connectivity index (χ4n) is 2.41. The van der Waals surface area contributed by atoms with E-state index in [0.29, 0.717) is 17.3 Å². The lowest BCUT2D eigenvalue weighted by Crippen LogP contribution is -2.09. The molecule has 0 spiro atoms. The van der Waals surface area contributed by atoms with Gasteiger partial charge in [-0.25, -0.2) is 4.98 Å². The van der Waals surface area contributed by atoms with Crippen molar-refractivity contribution in [3.8, 4) is 17.2 Å². The molecule has 3 rings (SSSR count). The second-order valence-electron chi connectivity index (χ2n) is 5.58. The van der Waals surface area contributed by atoms with Crippen LogP contribution in [0.15, 0.2) is 59.0 Å². The second-order valence-corrected chi connectivity index (χ2v) is 5.58. The third kappa shape index (κ3) is 4.26. The largest absolute Gasteiger partial charge is 0.497 e. The first-order valence-corrected chi connectivity index (χ1v) is 7.96. The van der Waals surface area contributed by atoms with Crippen LogP contribution in [0.5, 0.6) is 5.75 Å². The van der Waals surface area contributed by atoms with Crippen molar-refractivity contribution in [2.75, 3.05) is 7.11 Å². The number of rotatable bonds is 6. The lowest BCUT2D eigenvalue weighted by atomic mass is 10.2. The quantitative estimate of drug-likeness (QED) is 0.638. The first-order chi connectivity index (χ1) is 12.2. The first-order valence-electron chi connectivity index (χ1n) is 7.96. The summed E-state index contributed by atoms with van der Waals surface area (Å²) in [4.78, 5) is 16.5. The molecule has 25 heavy (non-hydrogen) atoms. The predicted molar refractivity (Wildman–Crippen MR) is 93.2 cm³/mol. The summed E-state index contributed by atoms with van der Waals surface area (Å²) >= 11 is 0. The number of carbonyl (C=O) groups excluding carboxylic acids is 1. The van der Waals surface area contributed by atoms with Gasteiger partial charge in [-0.3, -0.25) is 4.79 Å². The first kappa shape index (κ1) is 16.8. The number of oxazole rings is 1. The van der Waals surface area contributed by atoms with Crippen LogP contribution in [0.4, 0.5) is 0 Å². The Morgan fingerprint density at radius 2 is 1.92 bits per heavy atom. The molecule has 0 aliphatic rings. The van der Waals surface area contributed by atoms with E-state index in [0.717, 1.165) is 16.9 Å². The Morgan fingerprint density at radius 3 is 2.68 bits per heavy atom. The highest BCUT2D eigenvalue weighted by molar-refractivity contribution is 5.72. The van der Waals surface area contributed by atoms with Crippen molar-refractivity contribution in [3.63, 3.8) is 0 Å². The van der Waals surface area contributed by atoms with Crippen LogP contribution in [0.25, 0.3) is 11.5 Å². The number of aromatic nitrogens is 1. The summed E-state index contributed by atoms with van der Waals surface area (Å²) in [5.74, 6) is 1.51. The minimum absolute atomic E-state index is 0.0755. The molecule has 0 aliphatic carbocycles. The fourth-order valence-corrected chi connectivity index (χ4v) is 2.41. The van der Waals surface area contributed by atoms with Gasteiger partial charge in [0, 0.05) is 5.56 Å². The SMILES string of the molecule is COc1cccc(COC(=O)Cc2nc(-c3ccccc3)oc2C)c1. The molecule has 0 fully saturated rings. The fraction of sp³-hybridized carbons (Fsp3) is 0.200. The predicted octanol–water partition coefficient (Wildman–Crippen LogP) is 3.94. The molecule has 0 saturated carbocycles. The zero-order chi connectivity index (χ0) is 17.6.